The fraction of sp³-hybridized carbons (Fsp3) is 0.105. The Morgan fingerprint density at radius 3 is 2.55 bits per heavy atom. The second-order valence-electron chi connectivity index (χ2n) is 5.45. The number of hydrogen-bond donors (Lipinski definition) is 1. The molecule has 1 aromatic heterocycles. The molecule has 0 unspecified atom stereocenters. The van der Waals surface area contributed by atoms with Crippen molar-refractivity contribution < 1.29 is 9.30 Å². The van der Waals surface area contributed by atoms with Crippen LogP contribution in [0.2, 0.25) is 0 Å². The molecule has 0 saturated heterocycles. The van der Waals surface area contributed by atoms with Crippen LogP contribution in [0.5, 0.6) is 5.75 Å². The Bertz CT molecular complexity index is 956. The summed E-state index contributed by atoms with van der Waals surface area (Å²) in [5.74, 6) is 1.94. The summed E-state index contributed by atoms with van der Waals surface area (Å²) in [6, 6.07) is 22.8. The van der Waals surface area contributed by atoms with Crippen molar-refractivity contribution >= 4 is 21.8 Å². The zero-order valence-electron chi connectivity index (χ0n) is 12.4. The minimum Gasteiger partial charge on any atom is -0.481 e. The fourth-order valence-corrected chi connectivity index (χ4v) is 2.80. The highest BCUT2D eigenvalue weighted by Gasteiger charge is 2.15. The van der Waals surface area contributed by atoms with Gasteiger partial charge in [0.2, 0.25) is 0 Å². The molecule has 0 aliphatic carbocycles. The highest BCUT2D eigenvalue weighted by molar-refractivity contribution is 5.83. The molecule has 0 radical (unpaired) electrons. The summed E-state index contributed by atoms with van der Waals surface area (Å²) >= 11 is 0. The molecule has 0 bridgehead atoms. The lowest BCUT2D eigenvalue weighted by Crippen LogP contribution is -2.32. The topological polar surface area (TPSA) is 28.9 Å². The van der Waals surface area contributed by atoms with Crippen LogP contribution in [0.3, 0.4) is 0 Å². The van der Waals surface area contributed by atoms with Crippen LogP contribution in [0.15, 0.2) is 66.7 Å². The van der Waals surface area contributed by atoms with Gasteiger partial charge in [0.05, 0.1) is 7.05 Å². The van der Waals surface area contributed by atoms with Gasteiger partial charge in [-0.1, -0.05) is 42.5 Å². The summed E-state index contributed by atoms with van der Waals surface area (Å²) in [5, 5.41) is 2.42. The molecule has 0 atom stereocenters. The van der Waals surface area contributed by atoms with Gasteiger partial charge in [0.15, 0.2) is 17.6 Å². The van der Waals surface area contributed by atoms with E-state index >= 15 is 0 Å². The first-order valence-electron chi connectivity index (χ1n) is 7.38. The van der Waals surface area contributed by atoms with Crippen LogP contribution in [0.1, 0.15) is 5.82 Å². The number of aryl methyl sites for hydroxylation is 1. The molecule has 1 heterocycles. The standard InChI is InChI=1S/C19H16N2O/c1-21-18-9-5-4-8-17(18)20-19(21)13-22-16-11-10-14-6-2-3-7-15(14)12-16/h2-12H,13H2,1H3/p+1. The third kappa shape index (κ3) is 2.21. The van der Waals surface area contributed by atoms with E-state index in [9.17, 15) is 0 Å². The number of nitrogens with zero attached hydrogens (tertiary/aromatic N) is 1. The van der Waals surface area contributed by atoms with Gasteiger partial charge in [-0.3, -0.25) is 0 Å². The summed E-state index contributed by atoms with van der Waals surface area (Å²) in [4.78, 5) is 3.41. The van der Waals surface area contributed by atoms with E-state index in [2.05, 4.69) is 53.0 Å². The van der Waals surface area contributed by atoms with Gasteiger partial charge in [0, 0.05) is 0 Å². The first kappa shape index (κ1) is 12.9. The number of rotatable bonds is 3. The maximum absolute atomic E-state index is 5.96. The molecular weight excluding hydrogens is 272 g/mol. The smallest absolute Gasteiger partial charge is 0.293 e. The summed E-state index contributed by atoms with van der Waals surface area (Å²) < 4.78 is 8.09. The van der Waals surface area contributed by atoms with Crippen LogP contribution < -0.4 is 9.30 Å². The van der Waals surface area contributed by atoms with Gasteiger partial charge in [0.25, 0.3) is 5.82 Å². The largest absolute Gasteiger partial charge is 0.481 e. The SMILES string of the molecule is C[n+]1c(COc2ccc3ccccc3c2)[nH]c2ccccc21. The lowest BCUT2D eigenvalue weighted by atomic mass is 10.1. The number of fused-ring (bicyclic) bond motifs is 2. The molecule has 3 heteroatoms. The number of para-hydroxylation sites is 2. The van der Waals surface area contributed by atoms with E-state index in [0.717, 1.165) is 17.1 Å². The van der Waals surface area contributed by atoms with Crippen molar-refractivity contribution in [1.82, 2.24) is 4.98 Å². The number of imidazole rings is 1. The number of benzene rings is 3. The van der Waals surface area contributed by atoms with Crippen LogP contribution in [0.25, 0.3) is 21.8 Å². The Morgan fingerprint density at radius 2 is 1.68 bits per heavy atom. The number of ether oxygens (including phenoxy) is 1. The number of aromatic nitrogens is 2. The van der Waals surface area contributed by atoms with Gasteiger partial charge >= 0.3 is 0 Å². The maximum atomic E-state index is 5.96. The molecule has 0 saturated carbocycles. The van der Waals surface area contributed by atoms with E-state index in [-0.39, 0.29) is 0 Å². The number of hydrogen-bond acceptors (Lipinski definition) is 1. The van der Waals surface area contributed by atoms with E-state index in [1.807, 2.05) is 30.3 Å². The highest BCUT2D eigenvalue weighted by atomic mass is 16.5. The Morgan fingerprint density at radius 1 is 0.909 bits per heavy atom. The predicted molar refractivity (Wildman–Crippen MR) is 87.8 cm³/mol. The summed E-state index contributed by atoms with van der Waals surface area (Å²) in [7, 11) is 2.05. The van der Waals surface area contributed by atoms with Gasteiger partial charge in [-0.25, -0.2) is 9.55 Å². The van der Waals surface area contributed by atoms with Gasteiger partial charge in [-0.05, 0) is 35.0 Å². The Kier molecular flexibility index (Phi) is 3.04. The van der Waals surface area contributed by atoms with Crippen molar-refractivity contribution in [3.63, 3.8) is 0 Å². The lowest BCUT2D eigenvalue weighted by Gasteiger charge is -2.05. The minimum absolute atomic E-state index is 0.517. The predicted octanol–water partition coefficient (Wildman–Crippen LogP) is 3.72. The van der Waals surface area contributed by atoms with Crippen molar-refractivity contribution in [2.75, 3.05) is 0 Å². The van der Waals surface area contributed by atoms with Gasteiger partial charge in [0.1, 0.15) is 5.75 Å². The monoisotopic (exact) mass is 289 g/mol. The average molecular weight is 289 g/mol. The van der Waals surface area contributed by atoms with Crippen molar-refractivity contribution in [2.45, 2.75) is 6.61 Å². The van der Waals surface area contributed by atoms with E-state index in [4.69, 9.17) is 4.74 Å². The molecule has 0 aliphatic rings. The molecule has 0 amide bonds. The van der Waals surface area contributed by atoms with Crippen molar-refractivity contribution in [3.8, 4) is 5.75 Å². The molecule has 3 aromatic carbocycles. The van der Waals surface area contributed by atoms with Crippen molar-refractivity contribution in [1.29, 1.82) is 0 Å². The Labute approximate surface area is 128 Å². The third-order valence-electron chi connectivity index (χ3n) is 4.05. The Balaban J connectivity index is 1.61. The molecule has 22 heavy (non-hydrogen) atoms. The zero-order chi connectivity index (χ0) is 14.9. The van der Waals surface area contributed by atoms with Crippen LogP contribution in [0, 0.1) is 0 Å². The number of nitrogens with one attached hydrogen (secondary N) is 1. The van der Waals surface area contributed by atoms with Crippen LogP contribution in [0.4, 0.5) is 0 Å². The lowest BCUT2D eigenvalue weighted by molar-refractivity contribution is -0.654. The van der Waals surface area contributed by atoms with E-state index in [1.54, 1.807) is 0 Å². The molecular formula is C19H17N2O+. The van der Waals surface area contributed by atoms with E-state index in [1.165, 1.54) is 16.3 Å². The molecule has 0 spiro atoms. The first-order chi connectivity index (χ1) is 10.8. The molecule has 0 aliphatic heterocycles. The molecule has 1 N–H and O–H groups in total. The van der Waals surface area contributed by atoms with Gasteiger partial charge in [-0.15, -0.1) is 0 Å². The summed E-state index contributed by atoms with van der Waals surface area (Å²) in [6.45, 7) is 0.517. The highest BCUT2D eigenvalue weighted by Crippen LogP contribution is 2.21. The second kappa shape index (κ2) is 5.19. The average Bonchev–Trinajstić information content (AvgIpc) is 2.89. The summed E-state index contributed by atoms with van der Waals surface area (Å²) in [6.07, 6.45) is 0. The minimum atomic E-state index is 0.517. The summed E-state index contributed by atoms with van der Waals surface area (Å²) in [5.41, 5.74) is 2.31. The zero-order valence-corrected chi connectivity index (χ0v) is 12.4. The maximum Gasteiger partial charge on any atom is 0.293 e. The second-order valence-corrected chi connectivity index (χ2v) is 5.45. The first-order valence-corrected chi connectivity index (χ1v) is 7.38. The van der Waals surface area contributed by atoms with Crippen LogP contribution in [-0.4, -0.2) is 4.98 Å². The van der Waals surface area contributed by atoms with Crippen molar-refractivity contribution in [2.24, 2.45) is 7.05 Å². The molecule has 4 aromatic rings. The van der Waals surface area contributed by atoms with Gasteiger partial charge < -0.3 is 4.74 Å². The number of H-pyrrole nitrogens is 1. The molecule has 4 rings (SSSR count). The van der Waals surface area contributed by atoms with Gasteiger partial charge in [-0.2, -0.15) is 0 Å². The van der Waals surface area contributed by atoms with Crippen molar-refractivity contribution in [3.05, 3.63) is 72.6 Å². The molecule has 3 nitrogen and oxygen atoms in total. The third-order valence-corrected chi connectivity index (χ3v) is 4.05. The normalized spacial score (nSPS) is 11.1. The fourth-order valence-electron chi connectivity index (χ4n) is 2.80. The molecule has 0 fully saturated rings. The quantitative estimate of drug-likeness (QED) is 0.572. The number of aromatic amines is 1. The Hall–Kier alpha value is -2.81. The van der Waals surface area contributed by atoms with E-state index < -0.39 is 0 Å². The van der Waals surface area contributed by atoms with E-state index in [0.29, 0.717) is 6.61 Å². The van der Waals surface area contributed by atoms with Crippen LogP contribution in [-0.2, 0) is 13.7 Å². The van der Waals surface area contributed by atoms with Crippen LogP contribution >= 0.6 is 0 Å². The molecule has 108 valence electrons.